The Kier molecular flexibility index (Phi) is 6.35. The van der Waals surface area contributed by atoms with E-state index in [0.717, 1.165) is 11.1 Å². The van der Waals surface area contributed by atoms with Crippen LogP contribution in [0.4, 0.5) is 0 Å². The lowest BCUT2D eigenvalue weighted by atomic mass is 10.1. The molecule has 0 spiro atoms. The summed E-state index contributed by atoms with van der Waals surface area (Å²) < 4.78 is 0. The number of hydrogen-bond acceptors (Lipinski definition) is 4. The van der Waals surface area contributed by atoms with Gasteiger partial charge in [0.2, 0.25) is 11.8 Å². The van der Waals surface area contributed by atoms with Crippen molar-refractivity contribution in [2.75, 3.05) is 0 Å². The Morgan fingerprint density at radius 3 is 2.57 bits per heavy atom. The Labute approximate surface area is 123 Å². The van der Waals surface area contributed by atoms with Gasteiger partial charge in [-0.15, -0.1) is 0 Å². The van der Waals surface area contributed by atoms with Gasteiger partial charge in [0.25, 0.3) is 0 Å². The quantitative estimate of drug-likeness (QED) is 0.393. The predicted octanol–water partition coefficient (Wildman–Crippen LogP) is -0.617. The number of primary amides is 1. The molecule has 0 aliphatic carbocycles. The van der Waals surface area contributed by atoms with Gasteiger partial charge in [-0.3, -0.25) is 14.6 Å². The molecule has 7 nitrogen and oxygen atoms in total. The maximum absolute atomic E-state index is 11.7. The van der Waals surface area contributed by atoms with E-state index in [0.29, 0.717) is 18.9 Å². The van der Waals surface area contributed by atoms with E-state index in [1.165, 1.54) is 0 Å². The molecular formula is C14H21N5O2. The van der Waals surface area contributed by atoms with E-state index in [4.69, 9.17) is 17.2 Å². The summed E-state index contributed by atoms with van der Waals surface area (Å²) in [6.45, 7) is 2.54. The van der Waals surface area contributed by atoms with Crippen molar-refractivity contribution in [3.8, 4) is 0 Å². The first kappa shape index (κ1) is 16.6. The number of rotatable bonds is 7. The molecule has 0 fully saturated rings. The molecule has 0 unspecified atom stereocenters. The summed E-state index contributed by atoms with van der Waals surface area (Å²) in [5.74, 6) is -0.490. The number of benzene rings is 1. The molecule has 114 valence electrons. The van der Waals surface area contributed by atoms with Crippen LogP contribution in [-0.4, -0.2) is 23.7 Å². The highest BCUT2D eigenvalue weighted by Gasteiger charge is 2.15. The second-order valence-electron chi connectivity index (χ2n) is 4.77. The Morgan fingerprint density at radius 2 is 1.95 bits per heavy atom. The smallest absolute Gasteiger partial charge is 0.237 e. The number of amides is 2. The minimum absolute atomic E-state index is 0.170. The number of nitrogens with one attached hydrogen (secondary N) is 1. The van der Waals surface area contributed by atoms with Gasteiger partial charge in [0.05, 0.1) is 24.8 Å². The molecule has 0 aliphatic heterocycles. The number of hydrogen-bond donors (Lipinski definition) is 4. The zero-order chi connectivity index (χ0) is 15.8. The molecule has 7 N–H and O–H groups in total. The van der Waals surface area contributed by atoms with Crippen molar-refractivity contribution < 1.29 is 9.59 Å². The van der Waals surface area contributed by atoms with E-state index in [1.807, 2.05) is 24.3 Å². The lowest BCUT2D eigenvalue weighted by Crippen LogP contribution is -2.42. The van der Waals surface area contributed by atoms with E-state index in [2.05, 4.69) is 10.3 Å². The van der Waals surface area contributed by atoms with Crippen molar-refractivity contribution in [3.05, 3.63) is 35.4 Å². The van der Waals surface area contributed by atoms with Gasteiger partial charge < -0.3 is 22.5 Å². The van der Waals surface area contributed by atoms with Crippen LogP contribution in [0.5, 0.6) is 0 Å². The molecule has 1 aromatic carbocycles. The average Bonchev–Trinajstić information content (AvgIpc) is 2.42. The number of aliphatic imine (C=N–C) groups is 1. The SMILES string of the molecule is CC(N)=NCc1cccc(CNC(=O)[C@@H](N)CC(N)=O)c1. The summed E-state index contributed by atoms with van der Waals surface area (Å²) in [6, 6.07) is 6.68. The lowest BCUT2D eigenvalue weighted by Gasteiger charge is -2.11. The van der Waals surface area contributed by atoms with Gasteiger partial charge in [-0.25, -0.2) is 0 Å². The summed E-state index contributed by atoms with van der Waals surface area (Å²) in [4.78, 5) is 26.5. The molecular weight excluding hydrogens is 270 g/mol. The van der Waals surface area contributed by atoms with Crippen molar-refractivity contribution >= 4 is 17.6 Å². The molecule has 7 heteroatoms. The number of carbonyl (C=O) groups is 2. The summed E-state index contributed by atoms with van der Waals surface area (Å²) in [7, 11) is 0. The van der Waals surface area contributed by atoms with E-state index in [1.54, 1.807) is 6.92 Å². The Morgan fingerprint density at radius 1 is 1.29 bits per heavy atom. The van der Waals surface area contributed by atoms with Gasteiger partial charge in [0.15, 0.2) is 0 Å². The first-order valence-electron chi connectivity index (χ1n) is 6.54. The van der Waals surface area contributed by atoms with E-state index < -0.39 is 17.9 Å². The van der Waals surface area contributed by atoms with Crippen LogP contribution in [0, 0.1) is 0 Å². The standard InChI is InChI=1S/C14H21N5O2/c1-9(15)18-7-10-3-2-4-11(5-10)8-19-14(21)12(16)6-13(17)20/h2-5,12H,6-8,16H2,1H3,(H2,15,18)(H2,17,20)(H,19,21)/t12-/m0/s1. The Balaban J connectivity index is 2.55. The topological polar surface area (TPSA) is 137 Å². The number of amidine groups is 1. The minimum Gasteiger partial charge on any atom is -0.388 e. The summed E-state index contributed by atoms with van der Waals surface area (Å²) in [5, 5.41) is 2.66. The molecule has 0 saturated carbocycles. The number of nitrogens with two attached hydrogens (primary N) is 3. The molecule has 1 aromatic rings. The molecule has 0 saturated heterocycles. The maximum Gasteiger partial charge on any atom is 0.237 e. The molecule has 0 aliphatic rings. The van der Waals surface area contributed by atoms with E-state index in [-0.39, 0.29) is 6.42 Å². The van der Waals surface area contributed by atoms with Crippen molar-refractivity contribution in [1.82, 2.24) is 5.32 Å². The molecule has 2 amide bonds. The first-order valence-corrected chi connectivity index (χ1v) is 6.54. The van der Waals surface area contributed by atoms with E-state index in [9.17, 15) is 9.59 Å². The minimum atomic E-state index is -0.921. The number of carbonyl (C=O) groups excluding carboxylic acids is 2. The zero-order valence-corrected chi connectivity index (χ0v) is 12.0. The highest BCUT2D eigenvalue weighted by Crippen LogP contribution is 2.06. The molecule has 0 radical (unpaired) electrons. The van der Waals surface area contributed by atoms with E-state index >= 15 is 0 Å². The normalized spacial score (nSPS) is 12.8. The highest BCUT2D eigenvalue weighted by molar-refractivity contribution is 5.87. The van der Waals surface area contributed by atoms with Crippen LogP contribution in [0.25, 0.3) is 0 Å². The van der Waals surface area contributed by atoms with Crippen molar-refractivity contribution in [2.45, 2.75) is 32.5 Å². The van der Waals surface area contributed by atoms with Crippen LogP contribution in [-0.2, 0) is 22.7 Å². The summed E-state index contributed by atoms with van der Waals surface area (Å²) >= 11 is 0. The summed E-state index contributed by atoms with van der Waals surface area (Å²) in [5.41, 5.74) is 17.9. The van der Waals surface area contributed by atoms with Gasteiger partial charge in [-0.05, 0) is 18.1 Å². The van der Waals surface area contributed by atoms with Gasteiger partial charge in [-0.2, -0.15) is 0 Å². The third kappa shape index (κ3) is 6.53. The predicted molar refractivity (Wildman–Crippen MR) is 81.1 cm³/mol. The fourth-order valence-corrected chi connectivity index (χ4v) is 1.68. The Hall–Kier alpha value is -2.41. The largest absolute Gasteiger partial charge is 0.388 e. The van der Waals surface area contributed by atoms with Gasteiger partial charge in [0, 0.05) is 6.54 Å². The van der Waals surface area contributed by atoms with Gasteiger partial charge >= 0.3 is 0 Å². The zero-order valence-electron chi connectivity index (χ0n) is 12.0. The fraction of sp³-hybridized carbons (Fsp3) is 0.357. The van der Waals surface area contributed by atoms with Crippen molar-refractivity contribution in [2.24, 2.45) is 22.2 Å². The van der Waals surface area contributed by atoms with Crippen molar-refractivity contribution in [3.63, 3.8) is 0 Å². The second-order valence-corrected chi connectivity index (χ2v) is 4.77. The molecule has 0 aromatic heterocycles. The second kappa shape index (κ2) is 8.01. The summed E-state index contributed by atoms with van der Waals surface area (Å²) in [6.07, 6.45) is -0.170. The van der Waals surface area contributed by atoms with Crippen LogP contribution < -0.4 is 22.5 Å². The lowest BCUT2D eigenvalue weighted by molar-refractivity contribution is -0.126. The molecule has 1 rings (SSSR count). The monoisotopic (exact) mass is 291 g/mol. The van der Waals surface area contributed by atoms with Crippen LogP contribution in [0.2, 0.25) is 0 Å². The van der Waals surface area contributed by atoms with Gasteiger partial charge in [0.1, 0.15) is 0 Å². The van der Waals surface area contributed by atoms with Crippen LogP contribution in [0.15, 0.2) is 29.3 Å². The number of nitrogens with zero attached hydrogens (tertiary/aromatic N) is 1. The van der Waals surface area contributed by atoms with Crippen LogP contribution >= 0.6 is 0 Å². The van der Waals surface area contributed by atoms with Gasteiger partial charge in [-0.1, -0.05) is 24.3 Å². The average molecular weight is 291 g/mol. The third-order valence-corrected chi connectivity index (χ3v) is 2.73. The maximum atomic E-state index is 11.7. The molecule has 21 heavy (non-hydrogen) atoms. The highest BCUT2D eigenvalue weighted by atomic mass is 16.2. The first-order chi connectivity index (χ1) is 9.88. The van der Waals surface area contributed by atoms with Crippen LogP contribution in [0.1, 0.15) is 24.5 Å². The van der Waals surface area contributed by atoms with Crippen LogP contribution in [0.3, 0.4) is 0 Å². The Bertz CT molecular complexity index is 538. The third-order valence-electron chi connectivity index (χ3n) is 2.73. The van der Waals surface area contributed by atoms with Crippen molar-refractivity contribution in [1.29, 1.82) is 0 Å². The molecule has 0 heterocycles. The molecule has 1 atom stereocenters. The molecule has 0 bridgehead atoms. The fourth-order valence-electron chi connectivity index (χ4n) is 1.68.